The van der Waals surface area contributed by atoms with E-state index in [0.717, 1.165) is 6.07 Å². The lowest BCUT2D eigenvalue weighted by Crippen LogP contribution is -2.19. The molecule has 3 rings (SSSR count). The third kappa shape index (κ3) is 2.46. The van der Waals surface area contributed by atoms with Gasteiger partial charge < -0.3 is 15.4 Å². The number of anilines is 1. The summed E-state index contributed by atoms with van der Waals surface area (Å²) in [7, 11) is 0. The lowest BCUT2D eigenvalue weighted by atomic mass is 10.1. The highest BCUT2D eigenvalue weighted by atomic mass is 32.1. The van der Waals surface area contributed by atoms with Gasteiger partial charge in [0, 0.05) is 29.1 Å². The summed E-state index contributed by atoms with van der Waals surface area (Å²) in [6, 6.07) is 2.55. The van der Waals surface area contributed by atoms with Crippen molar-refractivity contribution in [3.8, 4) is 11.3 Å². The number of aromatic nitrogens is 2. The summed E-state index contributed by atoms with van der Waals surface area (Å²) in [5, 5.41) is 11.1. The number of thiazole rings is 1. The van der Waals surface area contributed by atoms with Crippen molar-refractivity contribution in [3.05, 3.63) is 45.3 Å². The molecule has 0 aliphatic heterocycles. The van der Waals surface area contributed by atoms with E-state index in [2.05, 4.69) is 4.98 Å². The van der Waals surface area contributed by atoms with Crippen LogP contribution in [0.1, 0.15) is 17.3 Å². The zero-order valence-electron chi connectivity index (χ0n) is 12.0. The molecular weight excluding hydrogens is 321 g/mol. The number of aromatic carboxylic acids is 1. The second kappa shape index (κ2) is 5.47. The minimum Gasteiger partial charge on any atom is -0.477 e. The summed E-state index contributed by atoms with van der Waals surface area (Å²) in [5.41, 5.74) is 5.53. The van der Waals surface area contributed by atoms with Crippen LogP contribution >= 0.6 is 11.3 Å². The second-order valence-corrected chi connectivity index (χ2v) is 5.77. The summed E-state index contributed by atoms with van der Waals surface area (Å²) in [4.78, 5) is 27.5. The summed E-state index contributed by atoms with van der Waals surface area (Å²) in [5.74, 6) is -1.99. The van der Waals surface area contributed by atoms with Crippen LogP contribution in [0.25, 0.3) is 22.2 Å². The maximum absolute atomic E-state index is 14.4. The van der Waals surface area contributed by atoms with Gasteiger partial charge in [0.25, 0.3) is 0 Å². The smallest absolute Gasteiger partial charge is 0.341 e. The van der Waals surface area contributed by atoms with E-state index in [0.29, 0.717) is 22.9 Å². The van der Waals surface area contributed by atoms with Crippen LogP contribution in [0.4, 0.5) is 9.52 Å². The zero-order chi connectivity index (χ0) is 16.7. The van der Waals surface area contributed by atoms with E-state index >= 15 is 0 Å². The number of benzene rings is 1. The van der Waals surface area contributed by atoms with Crippen LogP contribution in [0, 0.1) is 5.82 Å². The maximum atomic E-state index is 14.4. The molecule has 0 aliphatic carbocycles. The Balaban J connectivity index is 2.38. The van der Waals surface area contributed by atoms with Crippen molar-refractivity contribution >= 4 is 33.3 Å². The molecule has 0 amide bonds. The summed E-state index contributed by atoms with van der Waals surface area (Å²) in [6.07, 6.45) is 1.27. The highest BCUT2D eigenvalue weighted by molar-refractivity contribution is 7.13. The number of nitrogen functional groups attached to an aromatic ring is 1. The number of carboxylic acids is 1. The first kappa shape index (κ1) is 15.2. The number of pyridine rings is 1. The van der Waals surface area contributed by atoms with Crippen molar-refractivity contribution in [1.29, 1.82) is 0 Å². The van der Waals surface area contributed by atoms with Crippen molar-refractivity contribution < 1.29 is 14.3 Å². The number of hydrogen-bond acceptors (Lipinski definition) is 5. The van der Waals surface area contributed by atoms with Gasteiger partial charge in [-0.2, -0.15) is 0 Å². The molecule has 0 spiro atoms. The number of fused-ring (bicyclic) bond motifs is 1. The molecule has 1 aromatic carbocycles. The third-order valence-electron chi connectivity index (χ3n) is 3.54. The minimum absolute atomic E-state index is 0.0243. The van der Waals surface area contributed by atoms with Crippen molar-refractivity contribution in [2.24, 2.45) is 0 Å². The molecule has 0 saturated heterocycles. The molecule has 2 heterocycles. The van der Waals surface area contributed by atoms with E-state index in [1.165, 1.54) is 23.6 Å². The van der Waals surface area contributed by atoms with Crippen molar-refractivity contribution in [1.82, 2.24) is 9.55 Å². The molecule has 8 heteroatoms. The monoisotopic (exact) mass is 333 g/mol. The van der Waals surface area contributed by atoms with Gasteiger partial charge in [0.1, 0.15) is 11.4 Å². The minimum atomic E-state index is -1.34. The molecule has 0 saturated carbocycles. The molecular formula is C15H12FN3O3S. The quantitative estimate of drug-likeness (QED) is 0.767. The molecule has 3 N–H and O–H groups in total. The fraction of sp³-hybridized carbons (Fsp3) is 0.133. The van der Waals surface area contributed by atoms with Gasteiger partial charge in [-0.25, -0.2) is 14.2 Å². The van der Waals surface area contributed by atoms with Gasteiger partial charge in [0.2, 0.25) is 5.43 Å². The number of nitrogens with two attached hydrogens (primary N) is 1. The molecule has 6 nitrogen and oxygen atoms in total. The molecule has 0 fully saturated rings. The van der Waals surface area contributed by atoms with Crippen LogP contribution in [0.2, 0.25) is 0 Å². The first-order valence-electron chi connectivity index (χ1n) is 6.73. The Hall–Kier alpha value is -2.74. The van der Waals surface area contributed by atoms with Gasteiger partial charge >= 0.3 is 5.97 Å². The Bertz CT molecular complexity index is 994. The molecule has 118 valence electrons. The van der Waals surface area contributed by atoms with Crippen LogP contribution in [-0.4, -0.2) is 20.6 Å². The Morgan fingerprint density at radius 2 is 2.22 bits per heavy atom. The number of halogens is 1. The first-order chi connectivity index (χ1) is 10.9. The molecule has 0 radical (unpaired) electrons. The fourth-order valence-corrected chi connectivity index (χ4v) is 3.00. The molecule has 0 bridgehead atoms. The second-order valence-electron chi connectivity index (χ2n) is 4.88. The van der Waals surface area contributed by atoms with Crippen LogP contribution in [0.3, 0.4) is 0 Å². The van der Waals surface area contributed by atoms with Crippen LogP contribution in [0.15, 0.2) is 28.5 Å². The predicted molar refractivity (Wildman–Crippen MR) is 86.3 cm³/mol. The first-order valence-corrected chi connectivity index (χ1v) is 7.61. The SMILES string of the molecule is CCn1cc(C(=O)O)c(=O)c2cc(F)c(-c3csc(N)n3)cc21. The Morgan fingerprint density at radius 3 is 2.78 bits per heavy atom. The van der Waals surface area contributed by atoms with Gasteiger partial charge in [-0.15, -0.1) is 11.3 Å². The zero-order valence-corrected chi connectivity index (χ0v) is 12.9. The van der Waals surface area contributed by atoms with Gasteiger partial charge in [-0.05, 0) is 19.1 Å². The Morgan fingerprint density at radius 1 is 1.48 bits per heavy atom. The molecule has 0 atom stereocenters. The number of hydrogen-bond donors (Lipinski definition) is 2. The van der Waals surface area contributed by atoms with E-state index in [-0.39, 0.29) is 16.5 Å². The van der Waals surface area contributed by atoms with E-state index in [4.69, 9.17) is 10.8 Å². The summed E-state index contributed by atoms with van der Waals surface area (Å²) < 4.78 is 16.0. The normalized spacial score (nSPS) is 11.0. The fourth-order valence-electron chi connectivity index (χ4n) is 2.43. The molecule has 23 heavy (non-hydrogen) atoms. The Labute approximate surface area is 133 Å². The maximum Gasteiger partial charge on any atom is 0.341 e. The standard InChI is InChI=1S/C15H12FN3O3S/c1-2-19-5-9(14(21)22)13(20)8-3-10(16)7(4-12(8)19)11-6-23-15(17)18-11/h3-6H,2H2,1H3,(H2,17,18)(H,21,22). The summed E-state index contributed by atoms with van der Waals surface area (Å²) in [6.45, 7) is 2.24. The number of carbonyl (C=O) groups is 1. The van der Waals surface area contributed by atoms with Crippen LogP contribution in [-0.2, 0) is 6.54 Å². The number of rotatable bonds is 3. The van der Waals surface area contributed by atoms with Crippen LogP contribution < -0.4 is 11.2 Å². The number of carboxylic acid groups (broad SMARTS) is 1. The van der Waals surface area contributed by atoms with E-state index in [1.54, 1.807) is 16.9 Å². The van der Waals surface area contributed by atoms with Gasteiger partial charge in [-0.3, -0.25) is 4.79 Å². The third-order valence-corrected chi connectivity index (χ3v) is 4.21. The van der Waals surface area contributed by atoms with E-state index < -0.39 is 17.2 Å². The topological polar surface area (TPSA) is 98.2 Å². The van der Waals surface area contributed by atoms with Crippen molar-refractivity contribution in [2.45, 2.75) is 13.5 Å². The van der Waals surface area contributed by atoms with Crippen LogP contribution in [0.5, 0.6) is 0 Å². The van der Waals surface area contributed by atoms with Gasteiger partial charge in [0.05, 0.1) is 11.2 Å². The predicted octanol–water partition coefficient (Wildman–Crippen LogP) is 2.56. The lowest BCUT2D eigenvalue weighted by Gasteiger charge is -2.11. The summed E-state index contributed by atoms with van der Waals surface area (Å²) >= 11 is 1.19. The molecule has 3 aromatic rings. The average Bonchev–Trinajstić information content (AvgIpc) is 2.93. The molecule has 2 aromatic heterocycles. The number of aryl methyl sites for hydroxylation is 1. The Kier molecular flexibility index (Phi) is 3.61. The van der Waals surface area contributed by atoms with Gasteiger partial charge in [-0.1, -0.05) is 0 Å². The largest absolute Gasteiger partial charge is 0.477 e. The molecule has 0 aliphatic rings. The average molecular weight is 333 g/mol. The van der Waals surface area contributed by atoms with E-state index in [9.17, 15) is 14.0 Å². The highest BCUT2D eigenvalue weighted by Crippen LogP contribution is 2.28. The van der Waals surface area contributed by atoms with Crippen molar-refractivity contribution in [3.63, 3.8) is 0 Å². The lowest BCUT2D eigenvalue weighted by molar-refractivity contribution is 0.0695. The van der Waals surface area contributed by atoms with Gasteiger partial charge in [0.15, 0.2) is 5.13 Å². The molecule has 0 unspecified atom stereocenters. The van der Waals surface area contributed by atoms with Crippen molar-refractivity contribution in [2.75, 3.05) is 5.73 Å². The number of nitrogens with zero attached hydrogens (tertiary/aromatic N) is 2. The highest BCUT2D eigenvalue weighted by Gasteiger charge is 2.18. The van der Waals surface area contributed by atoms with E-state index in [1.807, 2.05) is 0 Å².